The van der Waals surface area contributed by atoms with Gasteiger partial charge in [0, 0.05) is 47.0 Å². The minimum Gasteiger partial charge on any atom is -0.352 e. The molecule has 0 spiro atoms. The number of halogens is 1. The summed E-state index contributed by atoms with van der Waals surface area (Å²) >= 11 is 0. The molecule has 3 aromatic heterocycles. The Morgan fingerprint density at radius 1 is 1.11 bits per heavy atom. The molecule has 4 aromatic rings. The van der Waals surface area contributed by atoms with Crippen LogP contribution in [0.25, 0.3) is 33.1 Å². The summed E-state index contributed by atoms with van der Waals surface area (Å²) in [4.78, 5) is 16.6. The Bertz CT molecular complexity index is 1150. The van der Waals surface area contributed by atoms with Crippen LogP contribution in [0.5, 0.6) is 0 Å². The quantitative estimate of drug-likeness (QED) is 0.503. The molecule has 0 aliphatic heterocycles. The maximum absolute atomic E-state index is 14.1. The van der Waals surface area contributed by atoms with E-state index in [1.165, 1.54) is 12.5 Å². The molecule has 7 heteroatoms. The number of rotatable bonds is 3. The normalized spacial score (nSPS) is 19.9. The molecule has 142 valence electrons. The number of nitrogens with one attached hydrogen (secondary N) is 2. The number of anilines is 1. The lowest BCUT2D eigenvalue weighted by Gasteiger charge is -2.29. The average molecular weight is 376 g/mol. The van der Waals surface area contributed by atoms with E-state index in [1.807, 2.05) is 12.1 Å². The highest BCUT2D eigenvalue weighted by molar-refractivity contribution is 5.95. The highest BCUT2D eigenvalue weighted by Crippen LogP contribution is 2.30. The fourth-order valence-electron chi connectivity index (χ4n) is 3.99. The zero-order valence-corrected chi connectivity index (χ0v) is 15.3. The van der Waals surface area contributed by atoms with Crippen molar-refractivity contribution in [2.75, 3.05) is 5.32 Å². The molecule has 0 unspecified atom stereocenters. The first-order valence-corrected chi connectivity index (χ1v) is 9.59. The monoisotopic (exact) mass is 376 g/mol. The molecule has 5 rings (SSSR count). The Balaban J connectivity index is 1.57. The lowest BCUT2D eigenvalue weighted by Crippen LogP contribution is -2.42. The summed E-state index contributed by atoms with van der Waals surface area (Å²) in [7, 11) is 0. The minimum atomic E-state index is -0.278. The van der Waals surface area contributed by atoms with Gasteiger partial charge in [-0.05, 0) is 25.0 Å². The second-order valence-corrected chi connectivity index (χ2v) is 7.40. The molecule has 6 nitrogen and oxygen atoms in total. The molecule has 1 aromatic carbocycles. The lowest BCUT2D eigenvalue weighted by molar-refractivity contribution is 0.402. The molecule has 0 bridgehead atoms. The number of aromatic nitrogens is 4. The van der Waals surface area contributed by atoms with E-state index in [4.69, 9.17) is 10.7 Å². The van der Waals surface area contributed by atoms with Crippen LogP contribution >= 0.6 is 0 Å². The maximum atomic E-state index is 14.1. The molecule has 0 amide bonds. The Morgan fingerprint density at radius 2 is 2.00 bits per heavy atom. The first kappa shape index (κ1) is 17.1. The van der Waals surface area contributed by atoms with Crippen LogP contribution in [-0.2, 0) is 0 Å². The predicted octanol–water partition coefficient (Wildman–Crippen LogP) is 3.99. The fraction of sp³-hybridized carbons (Fsp3) is 0.286. The van der Waals surface area contributed by atoms with Crippen molar-refractivity contribution >= 4 is 27.8 Å². The largest absolute Gasteiger partial charge is 0.352 e. The fourth-order valence-corrected chi connectivity index (χ4v) is 3.99. The third kappa shape index (κ3) is 2.97. The number of benzene rings is 1. The van der Waals surface area contributed by atoms with Gasteiger partial charge >= 0.3 is 0 Å². The van der Waals surface area contributed by atoms with Gasteiger partial charge in [0.25, 0.3) is 0 Å². The first-order chi connectivity index (χ1) is 13.7. The number of hydrogen-bond donors (Lipinski definition) is 3. The van der Waals surface area contributed by atoms with E-state index in [0.29, 0.717) is 11.5 Å². The van der Waals surface area contributed by atoms with E-state index in [9.17, 15) is 4.39 Å². The zero-order chi connectivity index (χ0) is 19.1. The molecular formula is C21H21FN6. The molecule has 0 radical (unpaired) electrons. The van der Waals surface area contributed by atoms with Gasteiger partial charge in [-0.15, -0.1) is 0 Å². The van der Waals surface area contributed by atoms with Crippen molar-refractivity contribution in [2.24, 2.45) is 5.73 Å². The van der Waals surface area contributed by atoms with E-state index >= 15 is 0 Å². The van der Waals surface area contributed by atoms with E-state index in [0.717, 1.165) is 46.8 Å². The van der Waals surface area contributed by atoms with Crippen LogP contribution < -0.4 is 11.1 Å². The van der Waals surface area contributed by atoms with Crippen molar-refractivity contribution in [2.45, 2.75) is 37.8 Å². The van der Waals surface area contributed by atoms with E-state index < -0.39 is 0 Å². The molecule has 4 N–H and O–H groups in total. The maximum Gasteiger partial charge on any atom is 0.223 e. The van der Waals surface area contributed by atoms with Crippen LogP contribution in [0.1, 0.15) is 25.7 Å². The molecule has 1 saturated carbocycles. The van der Waals surface area contributed by atoms with Gasteiger partial charge < -0.3 is 16.0 Å². The minimum absolute atomic E-state index is 0.113. The van der Waals surface area contributed by atoms with Crippen LogP contribution in [0.2, 0.25) is 0 Å². The molecule has 1 aliphatic carbocycles. The average Bonchev–Trinajstić information content (AvgIpc) is 3.15. The van der Waals surface area contributed by atoms with Gasteiger partial charge in [-0.2, -0.15) is 0 Å². The highest BCUT2D eigenvalue weighted by Gasteiger charge is 2.22. The summed E-state index contributed by atoms with van der Waals surface area (Å²) in [6.45, 7) is 0. The smallest absolute Gasteiger partial charge is 0.223 e. The van der Waals surface area contributed by atoms with Crippen molar-refractivity contribution in [3.63, 3.8) is 0 Å². The lowest BCUT2D eigenvalue weighted by atomic mass is 9.91. The first-order valence-electron chi connectivity index (χ1n) is 9.59. The number of para-hydroxylation sites is 1. The van der Waals surface area contributed by atoms with Gasteiger partial charge in [0.15, 0.2) is 0 Å². The van der Waals surface area contributed by atoms with Crippen LogP contribution in [0.15, 0.2) is 42.9 Å². The molecule has 1 aliphatic rings. The summed E-state index contributed by atoms with van der Waals surface area (Å²) in [5.41, 5.74) is 9.08. The Labute approximate surface area is 161 Å². The van der Waals surface area contributed by atoms with Crippen molar-refractivity contribution in [3.05, 3.63) is 48.7 Å². The predicted molar refractivity (Wildman–Crippen MR) is 108 cm³/mol. The number of fused-ring (bicyclic) bond motifs is 2. The number of nitrogens with zero attached hydrogens (tertiary/aromatic N) is 3. The van der Waals surface area contributed by atoms with Crippen molar-refractivity contribution < 1.29 is 4.39 Å². The molecule has 0 saturated heterocycles. The highest BCUT2D eigenvalue weighted by atomic mass is 19.1. The topological polar surface area (TPSA) is 92.5 Å². The van der Waals surface area contributed by atoms with Crippen molar-refractivity contribution in [1.82, 2.24) is 19.9 Å². The van der Waals surface area contributed by atoms with Crippen LogP contribution in [0, 0.1) is 5.82 Å². The van der Waals surface area contributed by atoms with Crippen molar-refractivity contribution in [1.29, 1.82) is 0 Å². The zero-order valence-electron chi connectivity index (χ0n) is 15.3. The number of nitrogens with two attached hydrogens (primary N) is 1. The van der Waals surface area contributed by atoms with Gasteiger partial charge in [0.2, 0.25) is 5.95 Å². The second-order valence-electron chi connectivity index (χ2n) is 7.40. The number of hydrogen-bond acceptors (Lipinski definition) is 5. The SMILES string of the molecule is N[C@@H]1CCCC[C@@H]1Nc1ncc2cncc(-c3cc4cccc(F)c4[nH]3)c2n1. The van der Waals surface area contributed by atoms with E-state index in [2.05, 4.69) is 20.3 Å². The Morgan fingerprint density at radius 3 is 2.86 bits per heavy atom. The van der Waals surface area contributed by atoms with Gasteiger partial charge in [-0.3, -0.25) is 4.98 Å². The van der Waals surface area contributed by atoms with Crippen molar-refractivity contribution in [3.8, 4) is 11.3 Å². The van der Waals surface area contributed by atoms with Gasteiger partial charge in [-0.1, -0.05) is 25.0 Å². The number of aromatic amines is 1. The van der Waals surface area contributed by atoms with Crippen LogP contribution in [-0.4, -0.2) is 32.0 Å². The summed E-state index contributed by atoms with van der Waals surface area (Å²) in [5, 5.41) is 5.04. The summed E-state index contributed by atoms with van der Waals surface area (Å²) in [6, 6.07) is 7.24. The molecule has 28 heavy (non-hydrogen) atoms. The Hall–Kier alpha value is -3.06. The molecule has 1 fully saturated rings. The van der Waals surface area contributed by atoms with E-state index in [-0.39, 0.29) is 17.9 Å². The molecule has 3 heterocycles. The number of H-pyrrole nitrogens is 1. The third-order valence-corrected chi connectivity index (χ3v) is 5.52. The molecule has 2 atom stereocenters. The summed E-state index contributed by atoms with van der Waals surface area (Å²) in [5.74, 6) is 0.282. The molecular weight excluding hydrogens is 355 g/mol. The van der Waals surface area contributed by atoms with Crippen LogP contribution in [0.4, 0.5) is 10.3 Å². The number of pyridine rings is 1. The van der Waals surface area contributed by atoms with Gasteiger partial charge in [-0.25, -0.2) is 14.4 Å². The van der Waals surface area contributed by atoms with Gasteiger partial charge in [0.1, 0.15) is 5.82 Å². The standard InChI is InChI=1S/C21H21FN6/c22-15-5-3-4-12-8-18(26-20(12)15)14-11-24-9-13-10-25-21(28-19(13)14)27-17-7-2-1-6-16(17)23/h3-5,8-11,16-17,26H,1-2,6-7,23H2,(H,25,27,28)/t16-,17+/m1/s1. The van der Waals surface area contributed by atoms with Gasteiger partial charge in [0.05, 0.1) is 16.7 Å². The van der Waals surface area contributed by atoms with E-state index in [1.54, 1.807) is 24.7 Å². The summed E-state index contributed by atoms with van der Waals surface area (Å²) < 4.78 is 14.1. The third-order valence-electron chi connectivity index (χ3n) is 5.52. The summed E-state index contributed by atoms with van der Waals surface area (Å²) in [6.07, 6.45) is 9.61. The second kappa shape index (κ2) is 6.83. The Kier molecular flexibility index (Phi) is 4.16. The van der Waals surface area contributed by atoms with Crippen LogP contribution in [0.3, 0.4) is 0 Å².